The molecule has 0 radical (unpaired) electrons. The quantitative estimate of drug-likeness (QED) is 0.596. The maximum Gasteiger partial charge on any atom is 0.345 e. The van der Waals surface area contributed by atoms with Crippen LogP contribution in [0, 0.1) is 0 Å². The summed E-state index contributed by atoms with van der Waals surface area (Å²) in [6.45, 7) is 4.17. The first kappa shape index (κ1) is 23.2. The van der Waals surface area contributed by atoms with Gasteiger partial charge < -0.3 is 9.64 Å². The Kier molecular flexibility index (Phi) is 7.56. The van der Waals surface area contributed by atoms with Gasteiger partial charge in [0, 0.05) is 32.8 Å². The van der Waals surface area contributed by atoms with Gasteiger partial charge in [0.15, 0.2) is 11.7 Å². The molecular formula is C23H30N6O3S. The average Bonchev–Trinajstić information content (AvgIpc) is 3.14. The highest BCUT2D eigenvalue weighted by molar-refractivity contribution is 7.89. The van der Waals surface area contributed by atoms with Crippen LogP contribution in [0.25, 0.3) is 0 Å². The van der Waals surface area contributed by atoms with E-state index in [1.54, 1.807) is 30.3 Å². The predicted octanol–water partition coefficient (Wildman–Crippen LogP) is 2.62. The minimum absolute atomic E-state index is 0.215. The molecule has 0 unspecified atom stereocenters. The molecule has 1 aromatic heterocycles. The number of nitrogens with zero attached hydrogens (tertiary/aromatic N) is 5. The van der Waals surface area contributed by atoms with Crippen molar-refractivity contribution in [3.63, 3.8) is 0 Å². The molecule has 3 heterocycles. The van der Waals surface area contributed by atoms with E-state index in [1.807, 2.05) is 18.2 Å². The van der Waals surface area contributed by atoms with Crippen LogP contribution in [0.15, 0.2) is 58.1 Å². The summed E-state index contributed by atoms with van der Waals surface area (Å²) >= 11 is 0. The largest absolute Gasteiger partial charge is 0.494 e. The fourth-order valence-corrected chi connectivity index (χ4v) is 4.77. The van der Waals surface area contributed by atoms with Gasteiger partial charge in [0.05, 0.1) is 6.61 Å². The van der Waals surface area contributed by atoms with Crippen molar-refractivity contribution in [2.24, 2.45) is 9.39 Å². The van der Waals surface area contributed by atoms with Crippen LogP contribution in [0.3, 0.4) is 0 Å². The average molecular weight is 471 g/mol. The second-order valence-corrected chi connectivity index (χ2v) is 9.49. The van der Waals surface area contributed by atoms with Crippen LogP contribution in [0.1, 0.15) is 31.2 Å². The Bertz CT molecular complexity index is 1100. The standard InChI is InChI=1S/C23H30N6O3S/c1-28(21-11-3-4-12-24-21)23-22(26-33(30,31)27-23)25-13-8-16-32-20-10-7-9-19(17-20)18-29-14-5-2-6-15-29/h3-4,7,9-12,17H,2,5-6,8,13-16,18H2,1H3,(H,25,26). The second kappa shape index (κ2) is 10.8. The van der Waals surface area contributed by atoms with Gasteiger partial charge in [-0.2, -0.15) is 8.42 Å². The second-order valence-electron chi connectivity index (χ2n) is 8.16. The van der Waals surface area contributed by atoms with E-state index in [9.17, 15) is 8.42 Å². The van der Waals surface area contributed by atoms with Gasteiger partial charge in [-0.1, -0.05) is 24.6 Å². The molecule has 33 heavy (non-hydrogen) atoms. The molecule has 1 saturated heterocycles. The third-order valence-electron chi connectivity index (χ3n) is 5.55. The lowest BCUT2D eigenvalue weighted by Gasteiger charge is -2.26. The molecule has 0 amide bonds. The van der Waals surface area contributed by atoms with E-state index in [4.69, 9.17) is 4.74 Å². The van der Waals surface area contributed by atoms with Crippen molar-refractivity contribution in [1.29, 1.82) is 0 Å². The van der Waals surface area contributed by atoms with E-state index in [0.717, 1.165) is 25.4 Å². The number of likely N-dealkylation sites (tertiary alicyclic amines) is 1. The lowest BCUT2D eigenvalue weighted by molar-refractivity contribution is 0.220. The van der Waals surface area contributed by atoms with E-state index >= 15 is 0 Å². The van der Waals surface area contributed by atoms with Crippen LogP contribution in [-0.2, 0) is 16.8 Å². The number of rotatable bonds is 8. The summed E-state index contributed by atoms with van der Waals surface area (Å²) in [5.41, 5.74) is 1.26. The lowest BCUT2D eigenvalue weighted by atomic mass is 10.1. The summed E-state index contributed by atoms with van der Waals surface area (Å²) < 4.78 is 36.0. The maximum atomic E-state index is 12.0. The van der Waals surface area contributed by atoms with Gasteiger partial charge in [-0.15, -0.1) is 4.40 Å². The van der Waals surface area contributed by atoms with Crippen LogP contribution in [-0.4, -0.2) is 63.3 Å². The Morgan fingerprint density at radius 2 is 2.00 bits per heavy atom. The van der Waals surface area contributed by atoms with Crippen molar-refractivity contribution in [2.45, 2.75) is 32.2 Å². The molecule has 0 saturated carbocycles. The van der Waals surface area contributed by atoms with Gasteiger partial charge in [-0.05, 0) is 55.8 Å². The normalized spacial score (nSPS) is 19.2. The van der Waals surface area contributed by atoms with E-state index in [-0.39, 0.29) is 11.7 Å². The summed E-state index contributed by atoms with van der Waals surface area (Å²) in [4.78, 5) is 12.7. The third-order valence-corrected chi connectivity index (χ3v) is 6.41. The highest BCUT2D eigenvalue weighted by atomic mass is 32.2. The Labute approximate surface area is 195 Å². The van der Waals surface area contributed by atoms with Crippen LogP contribution in [0.5, 0.6) is 5.75 Å². The smallest absolute Gasteiger partial charge is 0.345 e. The number of nitrogens with one attached hydrogen (secondary N) is 1. The van der Waals surface area contributed by atoms with Gasteiger partial charge >= 0.3 is 10.2 Å². The maximum absolute atomic E-state index is 12.0. The summed E-state index contributed by atoms with van der Waals surface area (Å²) in [5, 5.41) is 0. The fourth-order valence-electron chi connectivity index (χ4n) is 3.89. The fraction of sp³-hybridized carbons (Fsp3) is 0.435. The van der Waals surface area contributed by atoms with Crippen LogP contribution < -0.4 is 14.4 Å². The summed E-state index contributed by atoms with van der Waals surface area (Å²) in [5.74, 6) is 1.86. The first-order valence-corrected chi connectivity index (χ1v) is 12.7. The zero-order valence-electron chi connectivity index (χ0n) is 18.9. The highest BCUT2D eigenvalue weighted by Gasteiger charge is 2.29. The number of likely N-dealkylation sites (N-methyl/N-ethyl adjacent to an activating group) is 1. The Morgan fingerprint density at radius 1 is 1.15 bits per heavy atom. The minimum Gasteiger partial charge on any atom is -0.494 e. The zero-order chi connectivity index (χ0) is 23.1. The molecule has 10 heteroatoms. The Hall–Kier alpha value is -2.98. The van der Waals surface area contributed by atoms with Crippen molar-refractivity contribution in [2.75, 3.05) is 38.2 Å². The number of ether oxygens (including phenoxy) is 1. The first-order chi connectivity index (χ1) is 16.0. The number of hydrogen-bond acceptors (Lipinski definition) is 7. The molecule has 0 atom stereocenters. The van der Waals surface area contributed by atoms with Crippen molar-refractivity contribution < 1.29 is 13.2 Å². The molecule has 1 aromatic carbocycles. The van der Waals surface area contributed by atoms with E-state index in [1.165, 1.54) is 24.8 Å². The number of hydrogen-bond donors (Lipinski definition) is 1. The van der Waals surface area contributed by atoms with Gasteiger partial charge in [0.25, 0.3) is 0 Å². The number of aromatic nitrogens is 1. The van der Waals surface area contributed by atoms with Gasteiger partial charge in [-0.25, -0.2) is 9.71 Å². The molecule has 2 aliphatic heterocycles. The van der Waals surface area contributed by atoms with Crippen molar-refractivity contribution in [1.82, 2.24) is 14.6 Å². The van der Waals surface area contributed by atoms with Gasteiger partial charge in [-0.3, -0.25) is 9.89 Å². The summed E-state index contributed by atoms with van der Waals surface area (Å²) in [6.07, 6.45) is 6.16. The Morgan fingerprint density at radius 3 is 2.79 bits per heavy atom. The van der Waals surface area contributed by atoms with Gasteiger partial charge in [0.1, 0.15) is 11.6 Å². The van der Waals surface area contributed by atoms with E-state index in [2.05, 4.69) is 36.1 Å². The number of benzene rings is 1. The number of pyridine rings is 1. The van der Waals surface area contributed by atoms with Crippen LogP contribution >= 0.6 is 0 Å². The van der Waals surface area contributed by atoms with Crippen molar-refractivity contribution >= 4 is 27.7 Å². The third kappa shape index (κ3) is 6.52. The zero-order valence-corrected chi connectivity index (χ0v) is 19.7. The predicted molar refractivity (Wildman–Crippen MR) is 130 cm³/mol. The molecule has 0 aliphatic carbocycles. The number of anilines is 1. The number of aliphatic imine (C=N–C) groups is 1. The molecule has 1 fully saturated rings. The van der Waals surface area contributed by atoms with Crippen molar-refractivity contribution in [3.05, 3.63) is 54.2 Å². The summed E-state index contributed by atoms with van der Waals surface area (Å²) in [7, 11) is -2.09. The number of piperidine rings is 1. The molecule has 4 rings (SSSR count). The molecule has 0 spiro atoms. The van der Waals surface area contributed by atoms with Crippen LogP contribution in [0.2, 0.25) is 0 Å². The minimum atomic E-state index is -3.80. The van der Waals surface area contributed by atoms with Crippen molar-refractivity contribution in [3.8, 4) is 5.75 Å². The van der Waals surface area contributed by atoms with Crippen LogP contribution in [0.4, 0.5) is 5.82 Å². The summed E-state index contributed by atoms with van der Waals surface area (Å²) in [6, 6.07) is 13.6. The number of amidine groups is 2. The van der Waals surface area contributed by atoms with E-state index in [0.29, 0.717) is 25.4 Å². The molecule has 2 aliphatic rings. The van der Waals surface area contributed by atoms with E-state index < -0.39 is 10.2 Å². The molecule has 9 nitrogen and oxygen atoms in total. The lowest BCUT2D eigenvalue weighted by Crippen LogP contribution is -2.37. The molecular weight excluding hydrogens is 440 g/mol. The topological polar surface area (TPSA) is 99.5 Å². The highest BCUT2D eigenvalue weighted by Crippen LogP contribution is 2.18. The first-order valence-electron chi connectivity index (χ1n) is 11.3. The molecule has 176 valence electrons. The molecule has 0 bridgehead atoms. The Balaban J connectivity index is 1.29. The SMILES string of the molecule is CN(C1=NS(=O)(=O)NC1=NCCCOc1cccc(CN2CCCCC2)c1)c1ccccn1. The van der Waals surface area contributed by atoms with Gasteiger partial charge in [0.2, 0.25) is 0 Å². The monoisotopic (exact) mass is 470 g/mol. The molecule has 2 aromatic rings. The molecule has 1 N–H and O–H groups in total.